The Morgan fingerprint density at radius 1 is 1.48 bits per heavy atom. The number of piperidine rings is 1. The van der Waals surface area contributed by atoms with E-state index in [1.54, 1.807) is 6.92 Å². The molecule has 0 aromatic rings. The maximum absolute atomic E-state index is 12.1. The van der Waals surface area contributed by atoms with Crippen molar-refractivity contribution in [1.29, 1.82) is 0 Å². The standard InChI is InChI=1S/C11H20N2O7S/c1-2-20-11(17)8-4-3-5-13(6-8)21(18,19)12-9(7-14)10(15)16/h8-9,12,14H,2-7H2,1H3,(H,15,16)/t8?,9-/m1/s1. The molecular weight excluding hydrogens is 304 g/mol. The third-order valence-corrected chi connectivity index (χ3v) is 4.71. The van der Waals surface area contributed by atoms with Crippen molar-refractivity contribution >= 4 is 22.1 Å². The lowest BCUT2D eigenvalue weighted by Gasteiger charge is -2.31. The molecule has 122 valence electrons. The molecule has 10 heteroatoms. The van der Waals surface area contributed by atoms with E-state index in [2.05, 4.69) is 0 Å². The number of carbonyl (C=O) groups excluding carboxylic acids is 1. The fourth-order valence-electron chi connectivity index (χ4n) is 2.03. The van der Waals surface area contributed by atoms with Crippen LogP contribution < -0.4 is 4.72 Å². The van der Waals surface area contributed by atoms with Gasteiger partial charge in [-0.25, -0.2) is 0 Å². The van der Waals surface area contributed by atoms with Gasteiger partial charge < -0.3 is 14.9 Å². The van der Waals surface area contributed by atoms with Crippen molar-refractivity contribution in [3.8, 4) is 0 Å². The van der Waals surface area contributed by atoms with E-state index in [-0.39, 0.29) is 19.7 Å². The van der Waals surface area contributed by atoms with Gasteiger partial charge in [-0.05, 0) is 19.8 Å². The summed E-state index contributed by atoms with van der Waals surface area (Å²) in [6.45, 7) is 1.14. The number of nitrogens with zero attached hydrogens (tertiary/aromatic N) is 1. The Morgan fingerprint density at radius 2 is 2.14 bits per heavy atom. The topological polar surface area (TPSA) is 133 Å². The van der Waals surface area contributed by atoms with Crippen LogP contribution in [0.3, 0.4) is 0 Å². The summed E-state index contributed by atoms with van der Waals surface area (Å²) in [5.74, 6) is -2.50. The summed E-state index contributed by atoms with van der Waals surface area (Å²) in [5.41, 5.74) is 0. The van der Waals surface area contributed by atoms with Crippen molar-refractivity contribution < 1.29 is 33.0 Å². The molecule has 9 nitrogen and oxygen atoms in total. The minimum Gasteiger partial charge on any atom is -0.480 e. The first-order chi connectivity index (χ1) is 9.81. The summed E-state index contributed by atoms with van der Waals surface area (Å²) in [5, 5.41) is 17.6. The molecule has 0 radical (unpaired) electrons. The Balaban J connectivity index is 2.74. The summed E-state index contributed by atoms with van der Waals surface area (Å²) >= 11 is 0. The molecule has 1 fully saturated rings. The van der Waals surface area contributed by atoms with Gasteiger partial charge in [-0.3, -0.25) is 9.59 Å². The third kappa shape index (κ3) is 4.92. The number of hydrogen-bond acceptors (Lipinski definition) is 6. The molecular formula is C11H20N2O7S. The van der Waals surface area contributed by atoms with E-state index in [9.17, 15) is 18.0 Å². The summed E-state index contributed by atoms with van der Waals surface area (Å²) in [7, 11) is -4.09. The van der Waals surface area contributed by atoms with E-state index in [0.717, 1.165) is 4.31 Å². The second-order valence-corrected chi connectivity index (χ2v) is 6.35. The van der Waals surface area contributed by atoms with Crippen molar-refractivity contribution in [3.63, 3.8) is 0 Å². The van der Waals surface area contributed by atoms with E-state index < -0.39 is 40.7 Å². The molecule has 3 N–H and O–H groups in total. The molecule has 0 aliphatic carbocycles. The lowest BCUT2D eigenvalue weighted by Crippen LogP contribution is -2.53. The highest BCUT2D eigenvalue weighted by atomic mass is 32.2. The number of aliphatic hydroxyl groups is 1. The highest BCUT2D eigenvalue weighted by molar-refractivity contribution is 7.87. The van der Waals surface area contributed by atoms with E-state index in [1.165, 1.54) is 0 Å². The van der Waals surface area contributed by atoms with Crippen LogP contribution in [0.4, 0.5) is 0 Å². The molecule has 1 saturated heterocycles. The Bertz CT molecular complexity index is 479. The van der Waals surface area contributed by atoms with Crippen molar-refractivity contribution in [1.82, 2.24) is 9.03 Å². The van der Waals surface area contributed by atoms with E-state index >= 15 is 0 Å². The van der Waals surface area contributed by atoms with Gasteiger partial charge >= 0.3 is 11.9 Å². The minimum atomic E-state index is -4.09. The molecule has 0 spiro atoms. The molecule has 2 atom stereocenters. The average Bonchev–Trinajstić information content (AvgIpc) is 2.45. The van der Waals surface area contributed by atoms with Crippen molar-refractivity contribution in [2.24, 2.45) is 5.92 Å². The molecule has 1 aliphatic rings. The predicted octanol–water partition coefficient (Wildman–Crippen LogP) is -1.46. The van der Waals surface area contributed by atoms with Crippen molar-refractivity contribution in [2.45, 2.75) is 25.8 Å². The summed E-state index contributed by atoms with van der Waals surface area (Å²) < 4.78 is 31.9. The Morgan fingerprint density at radius 3 is 2.67 bits per heavy atom. The second-order valence-electron chi connectivity index (χ2n) is 4.65. The van der Waals surface area contributed by atoms with Crippen molar-refractivity contribution in [3.05, 3.63) is 0 Å². The number of aliphatic hydroxyl groups excluding tert-OH is 1. The van der Waals surface area contributed by atoms with Crippen LogP contribution in [-0.2, 0) is 24.5 Å². The number of hydrogen-bond donors (Lipinski definition) is 3. The maximum Gasteiger partial charge on any atom is 0.324 e. The van der Waals surface area contributed by atoms with Crippen LogP contribution in [0.15, 0.2) is 0 Å². The third-order valence-electron chi connectivity index (χ3n) is 3.12. The fourth-order valence-corrected chi connectivity index (χ4v) is 3.46. The first-order valence-electron chi connectivity index (χ1n) is 6.59. The SMILES string of the molecule is CCOC(=O)C1CCCN(S(=O)(=O)N[C@H](CO)C(=O)O)C1. The van der Waals surface area contributed by atoms with Crippen LogP contribution in [0.5, 0.6) is 0 Å². The molecule has 0 saturated carbocycles. The molecule has 0 amide bonds. The average molecular weight is 324 g/mol. The maximum atomic E-state index is 12.1. The van der Waals surface area contributed by atoms with Gasteiger partial charge in [0.1, 0.15) is 6.04 Å². The Labute approximate surface area is 123 Å². The number of carbonyl (C=O) groups is 2. The molecule has 0 aromatic carbocycles. The number of nitrogens with one attached hydrogen (secondary N) is 1. The van der Waals surface area contributed by atoms with E-state index in [4.69, 9.17) is 14.9 Å². The summed E-state index contributed by atoms with van der Waals surface area (Å²) in [6, 6.07) is -1.61. The highest BCUT2D eigenvalue weighted by Gasteiger charge is 2.35. The number of aliphatic carboxylic acids is 1. The molecule has 1 aliphatic heterocycles. The van der Waals surface area contributed by atoms with Crippen LogP contribution in [0.25, 0.3) is 0 Å². The fraction of sp³-hybridized carbons (Fsp3) is 0.818. The van der Waals surface area contributed by atoms with Gasteiger partial charge in [0.25, 0.3) is 10.2 Å². The van der Waals surface area contributed by atoms with Gasteiger partial charge in [-0.15, -0.1) is 0 Å². The molecule has 21 heavy (non-hydrogen) atoms. The molecule has 0 bridgehead atoms. The highest BCUT2D eigenvalue weighted by Crippen LogP contribution is 2.20. The molecule has 1 unspecified atom stereocenters. The first-order valence-corrected chi connectivity index (χ1v) is 8.03. The zero-order valence-corrected chi connectivity index (χ0v) is 12.5. The summed E-state index contributed by atoms with van der Waals surface area (Å²) in [4.78, 5) is 22.4. The molecule has 1 rings (SSSR count). The monoisotopic (exact) mass is 324 g/mol. The van der Waals surface area contributed by atoms with Gasteiger partial charge in [-0.2, -0.15) is 17.4 Å². The van der Waals surface area contributed by atoms with Crippen LogP contribution >= 0.6 is 0 Å². The van der Waals surface area contributed by atoms with Crippen LogP contribution in [0.1, 0.15) is 19.8 Å². The number of carboxylic acid groups (broad SMARTS) is 1. The van der Waals surface area contributed by atoms with Crippen LogP contribution in [0.2, 0.25) is 0 Å². The lowest BCUT2D eigenvalue weighted by atomic mass is 10.0. The number of ether oxygens (including phenoxy) is 1. The summed E-state index contributed by atoms with van der Waals surface area (Å²) in [6.07, 6.45) is 0.995. The first kappa shape index (κ1) is 17.8. The zero-order valence-electron chi connectivity index (χ0n) is 11.7. The van der Waals surface area contributed by atoms with Crippen LogP contribution in [-0.4, -0.2) is 67.2 Å². The normalized spacial score (nSPS) is 21.7. The number of carboxylic acids is 1. The van der Waals surface area contributed by atoms with Crippen LogP contribution in [0, 0.1) is 5.92 Å². The van der Waals surface area contributed by atoms with Crippen molar-refractivity contribution in [2.75, 3.05) is 26.3 Å². The smallest absolute Gasteiger partial charge is 0.324 e. The van der Waals surface area contributed by atoms with Gasteiger partial charge in [0.2, 0.25) is 0 Å². The molecule has 1 heterocycles. The van der Waals surface area contributed by atoms with Gasteiger partial charge in [0.15, 0.2) is 0 Å². The largest absolute Gasteiger partial charge is 0.480 e. The Hall–Kier alpha value is -1.23. The van der Waals surface area contributed by atoms with Gasteiger partial charge in [-0.1, -0.05) is 0 Å². The second kappa shape index (κ2) is 7.69. The molecule has 0 aromatic heterocycles. The minimum absolute atomic E-state index is 0.0636. The number of rotatable bonds is 7. The number of esters is 1. The zero-order chi connectivity index (χ0) is 16.0. The Kier molecular flexibility index (Phi) is 6.52. The van der Waals surface area contributed by atoms with Gasteiger partial charge in [0, 0.05) is 13.1 Å². The lowest BCUT2D eigenvalue weighted by molar-refractivity contribution is -0.149. The predicted molar refractivity (Wildman–Crippen MR) is 71.5 cm³/mol. The van der Waals surface area contributed by atoms with Gasteiger partial charge in [0.05, 0.1) is 19.1 Å². The quantitative estimate of drug-likeness (QED) is 0.487. The van der Waals surface area contributed by atoms with E-state index in [1.807, 2.05) is 4.72 Å². The van der Waals surface area contributed by atoms with E-state index in [0.29, 0.717) is 12.8 Å².